The van der Waals surface area contributed by atoms with Crippen LogP contribution in [0.5, 0.6) is 0 Å². The van der Waals surface area contributed by atoms with Crippen molar-refractivity contribution in [2.45, 2.75) is 51.1 Å². The highest BCUT2D eigenvalue weighted by Gasteiger charge is 2.30. The SMILES string of the molecule is CCC(c1ccc(Cl)cc1)N(CC1CC1)CC1CCCN1. The molecule has 2 nitrogen and oxygen atoms in total. The van der Waals surface area contributed by atoms with Gasteiger partial charge in [-0.2, -0.15) is 0 Å². The summed E-state index contributed by atoms with van der Waals surface area (Å²) in [4.78, 5) is 2.73. The van der Waals surface area contributed by atoms with Gasteiger partial charge in [-0.15, -0.1) is 0 Å². The smallest absolute Gasteiger partial charge is 0.0406 e. The molecular weight excluding hydrogens is 280 g/mol. The van der Waals surface area contributed by atoms with Crippen molar-refractivity contribution >= 4 is 11.6 Å². The molecule has 21 heavy (non-hydrogen) atoms. The molecule has 0 aromatic heterocycles. The Morgan fingerprint density at radius 2 is 1.95 bits per heavy atom. The van der Waals surface area contributed by atoms with Gasteiger partial charge >= 0.3 is 0 Å². The summed E-state index contributed by atoms with van der Waals surface area (Å²) in [5.41, 5.74) is 1.42. The summed E-state index contributed by atoms with van der Waals surface area (Å²) >= 11 is 6.05. The molecule has 0 bridgehead atoms. The molecule has 1 saturated heterocycles. The first-order valence-electron chi connectivity index (χ1n) is 8.49. The molecule has 1 N–H and O–H groups in total. The van der Waals surface area contributed by atoms with Crippen LogP contribution in [-0.2, 0) is 0 Å². The van der Waals surface area contributed by atoms with Crippen LogP contribution in [0.2, 0.25) is 5.02 Å². The molecule has 1 saturated carbocycles. The molecule has 1 aliphatic heterocycles. The summed E-state index contributed by atoms with van der Waals surface area (Å²) < 4.78 is 0. The second kappa shape index (κ2) is 7.13. The molecule has 1 aromatic carbocycles. The van der Waals surface area contributed by atoms with Crippen LogP contribution < -0.4 is 5.32 Å². The number of hydrogen-bond donors (Lipinski definition) is 1. The van der Waals surface area contributed by atoms with Crippen molar-refractivity contribution in [2.24, 2.45) is 5.92 Å². The van der Waals surface area contributed by atoms with Gasteiger partial charge in [0, 0.05) is 30.2 Å². The molecule has 2 fully saturated rings. The second-order valence-electron chi connectivity index (χ2n) is 6.67. The van der Waals surface area contributed by atoms with Crippen LogP contribution in [0.3, 0.4) is 0 Å². The van der Waals surface area contributed by atoms with Gasteiger partial charge in [-0.05, 0) is 62.3 Å². The maximum atomic E-state index is 6.05. The van der Waals surface area contributed by atoms with Gasteiger partial charge in [-0.3, -0.25) is 4.90 Å². The van der Waals surface area contributed by atoms with E-state index in [0.717, 1.165) is 10.9 Å². The van der Waals surface area contributed by atoms with E-state index in [-0.39, 0.29) is 0 Å². The number of halogens is 1. The van der Waals surface area contributed by atoms with Crippen molar-refractivity contribution in [1.29, 1.82) is 0 Å². The maximum Gasteiger partial charge on any atom is 0.0406 e. The minimum Gasteiger partial charge on any atom is -0.313 e. The third-order valence-corrected chi connectivity index (χ3v) is 5.14. The third-order valence-electron chi connectivity index (χ3n) is 4.89. The van der Waals surface area contributed by atoms with Gasteiger partial charge in [0.2, 0.25) is 0 Å². The molecule has 2 atom stereocenters. The van der Waals surface area contributed by atoms with E-state index in [0.29, 0.717) is 12.1 Å². The first kappa shape index (κ1) is 15.3. The molecule has 1 aliphatic carbocycles. The molecule has 0 spiro atoms. The lowest BCUT2D eigenvalue weighted by molar-refractivity contribution is 0.168. The van der Waals surface area contributed by atoms with E-state index in [9.17, 15) is 0 Å². The summed E-state index contributed by atoms with van der Waals surface area (Å²) in [5, 5.41) is 4.49. The van der Waals surface area contributed by atoms with E-state index in [1.807, 2.05) is 12.1 Å². The molecule has 0 radical (unpaired) electrons. The van der Waals surface area contributed by atoms with Crippen LogP contribution in [-0.4, -0.2) is 30.6 Å². The molecule has 1 aromatic rings. The molecule has 0 amide bonds. The molecule has 3 rings (SSSR count). The highest BCUT2D eigenvalue weighted by molar-refractivity contribution is 6.30. The fraction of sp³-hybridized carbons (Fsp3) is 0.667. The zero-order valence-corrected chi connectivity index (χ0v) is 13.8. The summed E-state index contributed by atoms with van der Waals surface area (Å²) in [7, 11) is 0. The quantitative estimate of drug-likeness (QED) is 0.810. The van der Waals surface area contributed by atoms with Crippen molar-refractivity contribution in [3.8, 4) is 0 Å². The van der Waals surface area contributed by atoms with Crippen molar-refractivity contribution in [1.82, 2.24) is 10.2 Å². The highest BCUT2D eigenvalue weighted by atomic mass is 35.5. The predicted molar refractivity (Wildman–Crippen MR) is 89.8 cm³/mol. The van der Waals surface area contributed by atoms with Crippen LogP contribution in [0.25, 0.3) is 0 Å². The Balaban J connectivity index is 1.72. The normalized spacial score (nSPS) is 23.7. The molecular formula is C18H27ClN2. The second-order valence-corrected chi connectivity index (χ2v) is 7.10. The minimum atomic E-state index is 0.533. The van der Waals surface area contributed by atoms with Crippen LogP contribution in [0.4, 0.5) is 0 Å². The molecule has 2 aliphatic rings. The largest absolute Gasteiger partial charge is 0.313 e. The first-order chi connectivity index (χ1) is 10.3. The van der Waals surface area contributed by atoms with Crippen molar-refractivity contribution in [2.75, 3.05) is 19.6 Å². The van der Waals surface area contributed by atoms with Crippen LogP contribution >= 0.6 is 11.6 Å². The summed E-state index contributed by atoms with van der Waals surface area (Å²) in [6.45, 7) is 5.96. The van der Waals surface area contributed by atoms with Gasteiger partial charge in [0.15, 0.2) is 0 Å². The topological polar surface area (TPSA) is 15.3 Å². The van der Waals surface area contributed by atoms with E-state index in [1.54, 1.807) is 0 Å². The molecule has 1 heterocycles. The number of rotatable bonds is 7. The minimum absolute atomic E-state index is 0.533. The highest BCUT2D eigenvalue weighted by Crippen LogP contribution is 2.34. The lowest BCUT2D eigenvalue weighted by atomic mass is 10.0. The van der Waals surface area contributed by atoms with Crippen molar-refractivity contribution in [3.05, 3.63) is 34.9 Å². The number of hydrogen-bond acceptors (Lipinski definition) is 2. The Morgan fingerprint density at radius 1 is 1.19 bits per heavy atom. The first-order valence-corrected chi connectivity index (χ1v) is 8.87. The lowest BCUT2D eigenvalue weighted by Crippen LogP contribution is -2.40. The summed E-state index contributed by atoms with van der Waals surface area (Å²) in [6, 6.07) is 9.69. The average Bonchev–Trinajstić information content (AvgIpc) is 3.15. The van der Waals surface area contributed by atoms with Crippen molar-refractivity contribution < 1.29 is 0 Å². The summed E-state index contributed by atoms with van der Waals surface area (Å²) in [5.74, 6) is 0.938. The number of nitrogens with zero attached hydrogens (tertiary/aromatic N) is 1. The summed E-state index contributed by atoms with van der Waals surface area (Å²) in [6.07, 6.45) is 6.68. The van der Waals surface area contributed by atoms with E-state index < -0.39 is 0 Å². The standard InChI is InChI=1S/C18H27ClN2/c1-2-18(15-7-9-16(19)10-8-15)21(12-14-5-6-14)13-17-4-3-11-20-17/h7-10,14,17-18,20H,2-6,11-13H2,1H3. The number of benzene rings is 1. The van der Waals surface area contributed by atoms with Gasteiger partial charge in [0.25, 0.3) is 0 Å². The van der Waals surface area contributed by atoms with Crippen LogP contribution in [0, 0.1) is 5.92 Å². The zero-order chi connectivity index (χ0) is 14.7. The van der Waals surface area contributed by atoms with Crippen LogP contribution in [0.1, 0.15) is 50.6 Å². The predicted octanol–water partition coefficient (Wildman–Crippen LogP) is 4.26. The average molecular weight is 307 g/mol. The van der Waals surface area contributed by atoms with Crippen molar-refractivity contribution in [3.63, 3.8) is 0 Å². The lowest BCUT2D eigenvalue weighted by Gasteiger charge is -2.33. The Morgan fingerprint density at radius 3 is 2.52 bits per heavy atom. The maximum absolute atomic E-state index is 6.05. The molecule has 116 valence electrons. The van der Waals surface area contributed by atoms with Crippen LogP contribution in [0.15, 0.2) is 24.3 Å². The Kier molecular flexibility index (Phi) is 5.20. The van der Waals surface area contributed by atoms with Gasteiger partial charge < -0.3 is 5.32 Å². The van der Waals surface area contributed by atoms with Gasteiger partial charge in [-0.1, -0.05) is 30.7 Å². The number of nitrogens with one attached hydrogen (secondary N) is 1. The van der Waals surface area contributed by atoms with Gasteiger partial charge in [0.05, 0.1) is 0 Å². The van der Waals surface area contributed by atoms with E-state index in [2.05, 4.69) is 29.3 Å². The fourth-order valence-corrected chi connectivity index (χ4v) is 3.67. The Labute approximate surface area is 133 Å². The Hall–Kier alpha value is -0.570. The monoisotopic (exact) mass is 306 g/mol. The third kappa shape index (κ3) is 4.21. The van der Waals surface area contributed by atoms with E-state index in [1.165, 1.54) is 57.3 Å². The zero-order valence-electron chi connectivity index (χ0n) is 13.0. The van der Waals surface area contributed by atoms with Gasteiger partial charge in [0.1, 0.15) is 0 Å². The molecule has 3 heteroatoms. The van der Waals surface area contributed by atoms with E-state index >= 15 is 0 Å². The van der Waals surface area contributed by atoms with Gasteiger partial charge in [-0.25, -0.2) is 0 Å². The van der Waals surface area contributed by atoms with E-state index in [4.69, 9.17) is 11.6 Å². The Bertz CT molecular complexity index is 435. The molecule has 2 unspecified atom stereocenters. The fourth-order valence-electron chi connectivity index (χ4n) is 3.55.